The molecular weight excluding hydrogens is 260 g/mol. The third-order valence-corrected chi connectivity index (χ3v) is 5.26. The molecule has 0 saturated carbocycles. The summed E-state index contributed by atoms with van der Waals surface area (Å²) < 4.78 is 0. The van der Waals surface area contributed by atoms with Crippen LogP contribution in [0.4, 0.5) is 0 Å². The van der Waals surface area contributed by atoms with E-state index >= 15 is 0 Å². The van der Waals surface area contributed by atoms with Gasteiger partial charge in [-0.3, -0.25) is 0 Å². The summed E-state index contributed by atoms with van der Waals surface area (Å²) in [6.07, 6.45) is 4.86. The molecule has 0 aliphatic heterocycles. The van der Waals surface area contributed by atoms with Crippen molar-refractivity contribution < 1.29 is 0 Å². The lowest BCUT2D eigenvalue weighted by Gasteiger charge is -2.14. The number of hydrogen-bond donors (Lipinski definition) is 1. The van der Waals surface area contributed by atoms with Gasteiger partial charge in [-0.1, -0.05) is 6.92 Å². The van der Waals surface area contributed by atoms with Gasteiger partial charge in [-0.15, -0.1) is 11.3 Å². The van der Waals surface area contributed by atoms with Crippen molar-refractivity contribution in [2.45, 2.75) is 38.6 Å². The van der Waals surface area contributed by atoms with Crippen LogP contribution in [0.5, 0.6) is 0 Å². The molecule has 3 rings (SSSR count). The van der Waals surface area contributed by atoms with Gasteiger partial charge in [0.2, 0.25) is 0 Å². The molecule has 0 bridgehead atoms. The molecule has 2 aromatic heterocycles. The van der Waals surface area contributed by atoms with Crippen LogP contribution in [-0.2, 0) is 12.8 Å². The van der Waals surface area contributed by atoms with Crippen LogP contribution >= 0.6 is 22.7 Å². The van der Waals surface area contributed by atoms with Crippen LogP contribution in [0.15, 0.2) is 16.8 Å². The second-order valence-corrected chi connectivity index (χ2v) is 6.61. The first-order valence-electron chi connectivity index (χ1n) is 6.62. The number of aromatic nitrogens is 1. The number of thiophene rings is 1. The fraction of sp³-hybridized carbons (Fsp3) is 0.500. The van der Waals surface area contributed by atoms with Crippen LogP contribution in [0, 0.1) is 0 Å². The fourth-order valence-electron chi connectivity index (χ4n) is 2.41. The molecule has 0 fully saturated rings. The molecular formula is C14H18N2S2. The smallest absolute Gasteiger partial charge is 0.115 e. The van der Waals surface area contributed by atoms with Crippen LogP contribution in [-0.4, -0.2) is 11.5 Å². The maximum Gasteiger partial charge on any atom is 0.115 e. The van der Waals surface area contributed by atoms with E-state index < -0.39 is 0 Å². The van der Waals surface area contributed by atoms with Gasteiger partial charge in [0.1, 0.15) is 5.01 Å². The lowest BCUT2D eigenvalue weighted by Crippen LogP contribution is -2.22. The van der Waals surface area contributed by atoms with E-state index in [-0.39, 0.29) is 0 Å². The third-order valence-electron chi connectivity index (χ3n) is 3.33. The molecule has 4 heteroatoms. The molecule has 1 aliphatic carbocycles. The average Bonchev–Trinajstić information content (AvgIpc) is 3.05. The summed E-state index contributed by atoms with van der Waals surface area (Å²) in [5, 5.41) is 9.27. The monoisotopic (exact) mass is 278 g/mol. The minimum Gasteiger partial charge on any atom is -0.304 e. The molecule has 96 valence electrons. The van der Waals surface area contributed by atoms with Crippen molar-refractivity contribution in [3.05, 3.63) is 38.0 Å². The second kappa shape index (κ2) is 5.51. The maximum atomic E-state index is 4.86. The number of nitrogens with zero attached hydrogens (tertiary/aromatic N) is 1. The number of nitrogens with one attached hydrogen (secondary N) is 1. The zero-order valence-corrected chi connectivity index (χ0v) is 12.2. The Morgan fingerprint density at radius 1 is 1.44 bits per heavy atom. The van der Waals surface area contributed by atoms with Crippen LogP contribution in [0.2, 0.25) is 0 Å². The van der Waals surface area contributed by atoms with E-state index in [9.17, 15) is 0 Å². The first-order valence-corrected chi connectivity index (χ1v) is 8.38. The lowest BCUT2D eigenvalue weighted by molar-refractivity contribution is 0.596. The zero-order chi connectivity index (χ0) is 12.4. The Morgan fingerprint density at radius 2 is 2.39 bits per heavy atom. The van der Waals surface area contributed by atoms with Gasteiger partial charge in [-0.2, -0.15) is 11.3 Å². The van der Waals surface area contributed by atoms with Crippen molar-refractivity contribution in [2.24, 2.45) is 0 Å². The molecule has 1 N–H and O–H groups in total. The first-order chi connectivity index (χ1) is 8.88. The largest absolute Gasteiger partial charge is 0.304 e. The van der Waals surface area contributed by atoms with Gasteiger partial charge >= 0.3 is 0 Å². The van der Waals surface area contributed by atoms with Crippen LogP contribution < -0.4 is 5.32 Å². The first kappa shape index (κ1) is 12.3. The third kappa shape index (κ3) is 2.37. The molecule has 1 aliphatic rings. The van der Waals surface area contributed by atoms with Crippen molar-refractivity contribution in [2.75, 3.05) is 6.54 Å². The molecule has 1 atom stereocenters. The summed E-state index contributed by atoms with van der Waals surface area (Å²) in [4.78, 5) is 6.38. The summed E-state index contributed by atoms with van der Waals surface area (Å²) in [6.45, 7) is 3.25. The topological polar surface area (TPSA) is 24.9 Å². The molecule has 0 spiro atoms. The van der Waals surface area contributed by atoms with Crippen molar-refractivity contribution in [1.82, 2.24) is 10.3 Å². The highest BCUT2D eigenvalue weighted by Crippen LogP contribution is 2.33. The summed E-state index contributed by atoms with van der Waals surface area (Å²) in [7, 11) is 0. The molecule has 2 heterocycles. The van der Waals surface area contributed by atoms with Gasteiger partial charge in [0, 0.05) is 4.88 Å². The van der Waals surface area contributed by atoms with Crippen LogP contribution in [0.25, 0.3) is 0 Å². The van der Waals surface area contributed by atoms with E-state index in [0.717, 1.165) is 13.0 Å². The van der Waals surface area contributed by atoms with E-state index in [1.54, 1.807) is 11.3 Å². The summed E-state index contributed by atoms with van der Waals surface area (Å²) in [6, 6.07) is 2.51. The van der Waals surface area contributed by atoms with E-state index in [1.165, 1.54) is 40.4 Å². The quantitative estimate of drug-likeness (QED) is 0.900. The number of rotatable bonds is 5. The molecule has 0 aromatic carbocycles. The fourth-order valence-corrected chi connectivity index (χ4v) is 4.35. The van der Waals surface area contributed by atoms with E-state index in [0.29, 0.717) is 6.04 Å². The zero-order valence-electron chi connectivity index (χ0n) is 10.6. The average molecular weight is 278 g/mol. The highest BCUT2D eigenvalue weighted by molar-refractivity contribution is 7.12. The van der Waals surface area contributed by atoms with Gasteiger partial charge in [0.25, 0.3) is 0 Å². The predicted molar refractivity (Wildman–Crippen MR) is 78.6 cm³/mol. The molecule has 0 amide bonds. The molecule has 0 radical (unpaired) electrons. The standard InChI is InChI=1S/C14H18N2S2/c1-2-7-15-13(10-6-8-17-9-10)14-16-11-4-3-5-12(11)18-14/h6,8-9,13,15H,2-5,7H2,1H3. The molecule has 2 nitrogen and oxygen atoms in total. The Kier molecular flexibility index (Phi) is 3.77. The number of aryl methyl sites for hydroxylation is 2. The van der Waals surface area contributed by atoms with Gasteiger partial charge < -0.3 is 5.32 Å². The summed E-state index contributed by atoms with van der Waals surface area (Å²) >= 11 is 3.67. The highest BCUT2D eigenvalue weighted by Gasteiger charge is 2.22. The van der Waals surface area contributed by atoms with Gasteiger partial charge in [-0.05, 0) is 54.6 Å². The van der Waals surface area contributed by atoms with Gasteiger partial charge in [0.05, 0.1) is 11.7 Å². The van der Waals surface area contributed by atoms with Crippen molar-refractivity contribution >= 4 is 22.7 Å². The van der Waals surface area contributed by atoms with Gasteiger partial charge in [-0.25, -0.2) is 4.98 Å². The minimum atomic E-state index is 0.298. The molecule has 1 unspecified atom stereocenters. The Bertz CT molecular complexity index is 480. The maximum absolute atomic E-state index is 4.86. The van der Waals surface area contributed by atoms with Crippen molar-refractivity contribution in [3.63, 3.8) is 0 Å². The van der Waals surface area contributed by atoms with Gasteiger partial charge in [0.15, 0.2) is 0 Å². The van der Waals surface area contributed by atoms with E-state index in [4.69, 9.17) is 4.98 Å². The van der Waals surface area contributed by atoms with E-state index in [2.05, 4.69) is 29.1 Å². The van der Waals surface area contributed by atoms with Crippen LogP contribution in [0.1, 0.15) is 46.9 Å². The highest BCUT2D eigenvalue weighted by atomic mass is 32.1. The number of hydrogen-bond acceptors (Lipinski definition) is 4. The normalized spacial score (nSPS) is 15.8. The van der Waals surface area contributed by atoms with E-state index in [1.807, 2.05) is 11.3 Å². The Morgan fingerprint density at radius 3 is 3.11 bits per heavy atom. The summed E-state index contributed by atoms with van der Waals surface area (Å²) in [5.41, 5.74) is 2.72. The van der Waals surface area contributed by atoms with Crippen molar-refractivity contribution in [1.29, 1.82) is 0 Å². The predicted octanol–water partition coefficient (Wildman–Crippen LogP) is 3.78. The number of fused-ring (bicyclic) bond motifs is 1. The lowest BCUT2D eigenvalue weighted by atomic mass is 10.1. The Balaban J connectivity index is 1.87. The Labute approximate surface area is 116 Å². The second-order valence-electron chi connectivity index (χ2n) is 4.72. The molecule has 0 saturated heterocycles. The summed E-state index contributed by atoms with van der Waals surface area (Å²) in [5.74, 6) is 0. The SMILES string of the molecule is CCCNC(c1ccsc1)c1nc2c(s1)CCC2. The number of thiazole rings is 1. The molecule has 2 aromatic rings. The van der Waals surface area contributed by atoms with Crippen molar-refractivity contribution in [3.8, 4) is 0 Å². The van der Waals surface area contributed by atoms with Crippen LogP contribution in [0.3, 0.4) is 0 Å². The molecule has 18 heavy (non-hydrogen) atoms. The Hall–Kier alpha value is -0.710. The minimum absolute atomic E-state index is 0.298.